The summed E-state index contributed by atoms with van der Waals surface area (Å²) < 4.78 is 5.70. The van der Waals surface area contributed by atoms with Crippen molar-refractivity contribution in [3.05, 3.63) is 71.9 Å². The molecule has 0 radical (unpaired) electrons. The first kappa shape index (κ1) is 16.1. The van der Waals surface area contributed by atoms with Crippen molar-refractivity contribution in [2.45, 2.75) is 6.92 Å². The number of aromatic nitrogens is 3. The van der Waals surface area contributed by atoms with Crippen LogP contribution < -0.4 is 10.1 Å². The average Bonchev–Trinajstić information content (AvgIpc) is 2.62. The number of amides is 1. The van der Waals surface area contributed by atoms with E-state index in [1.165, 1.54) is 18.3 Å². The highest BCUT2D eigenvalue weighted by Gasteiger charge is 2.12. The zero-order chi connectivity index (χ0) is 17.6. The van der Waals surface area contributed by atoms with Crippen LogP contribution in [0.1, 0.15) is 21.7 Å². The molecule has 7 heteroatoms. The molecule has 0 aliphatic rings. The Kier molecular flexibility index (Phi) is 4.62. The van der Waals surface area contributed by atoms with Crippen molar-refractivity contribution in [1.82, 2.24) is 15.0 Å². The van der Waals surface area contributed by atoms with Gasteiger partial charge < -0.3 is 10.1 Å². The van der Waals surface area contributed by atoms with Crippen LogP contribution in [-0.2, 0) is 0 Å². The standard InChI is InChI=1S/C18H13N5O2/c1-12-7-15(25-14-3-2-5-20-11-14)9-16(22-12)18(24)23-17-8-13(10-19)4-6-21-17/h2-9,11H,1H3,(H,21,23,24). The molecule has 0 spiro atoms. The van der Waals surface area contributed by atoms with Gasteiger partial charge in [0.25, 0.3) is 5.91 Å². The maximum atomic E-state index is 12.4. The van der Waals surface area contributed by atoms with Crippen LogP contribution in [0.15, 0.2) is 55.0 Å². The summed E-state index contributed by atoms with van der Waals surface area (Å²) in [5.74, 6) is 0.872. The van der Waals surface area contributed by atoms with Crippen molar-refractivity contribution in [1.29, 1.82) is 5.26 Å². The molecule has 7 nitrogen and oxygen atoms in total. The van der Waals surface area contributed by atoms with Crippen LogP contribution in [0.3, 0.4) is 0 Å². The molecule has 3 aromatic heterocycles. The van der Waals surface area contributed by atoms with E-state index in [-0.39, 0.29) is 11.5 Å². The Hall–Kier alpha value is -3.79. The van der Waals surface area contributed by atoms with Gasteiger partial charge in [-0.2, -0.15) is 5.26 Å². The van der Waals surface area contributed by atoms with Gasteiger partial charge in [-0.05, 0) is 31.2 Å². The van der Waals surface area contributed by atoms with E-state index in [9.17, 15) is 4.79 Å². The van der Waals surface area contributed by atoms with E-state index in [1.807, 2.05) is 6.07 Å². The Morgan fingerprint density at radius 2 is 2.08 bits per heavy atom. The first-order valence-corrected chi connectivity index (χ1v) is 7.38. The summed E-state index contributed by atoms with van der Waals surface area (Å²) in [6.07, 6.45) is 4.67. The molecule has 3 heterocycles. The summed E-state index contributed by atoms with van der Waals surface area (Å²) in [6.45, 7) is 1.77. The highest BCUT2D eigenvalue weighted by molar-refractivity contribution is 6.02. The summed E-state index contributed by atoms with van der Waals surface area (Å²) in [5, 5.41) is 11.5. The molecule has 0 atom stereocenters. The molecular formula is C18H13N5O2. The fraction of sp³-hybridized carbons (Fsp3) is 0.0556. The van der Waals surface area contributed by atoms with E-state index in [0.29, 0.717) is 22.8 Å². The molecule has 122 valence electrons. The third-order valence-electron chi connectivity index (χ3n) is 3.16. The lowest BCUT2D eigenvalue weighted by molar-refractivity contribution is 0.102. The Balaban J connectivity index is 1.81. The lowest BCUT2D eigenvalue weighted by Gasteiger charge is -2.09. The quantitative estimate of drug-likeness (QED) is 0.788. The monoisotopic (exact) mass is 331 g/mol. The topological polar surface area (TPSA) is 101 Å². The third-order valence-corrected chi connectivity index (χ3v) is 3.16. The number of hydrogen-bond acceptors (Lipinski definition) is 6. The van der Waals surface area contributed by atoms with Crippen LogP contribution in [0.5, 0.6) is 11.5 Å². The number of carbonyl (C=O) groups is 1. The van der Waals surface area contributed by atoms with Crippen molar-refractivity contribution in [3.63, 3.8) is 0 Å². The van der Waals surface area contributed by atoms with Gasteiger partial charge in [-0.3, -0.25) is 9.78 Å². The van der Waals surface area contributed by atoms with E-state index in [1.54, 1.807) is 43.6 Å². The molecule has 0 saturated carbocycles. The van der Waals surface area contributed by atoms with E-state index in [4.69, 9.17) is 10.00 Å². The molecule has 0 aromatic carbocycles. The highest BCUT2D eigenvalue weighted by Crippen LogP contribution is 2.22. The number of ether oxygens (including phenoxy) is 1. The Morgan fingerprint density at radius 1 is 1.20 bits per heavy atom. The van der Waals surface area contributed by atoms with Gasteiger partial charge in [0.15, 0.2) is 0 Å². The molecule has 0 fully saturated rings. The van der Waals surface area contributed by atoms with Crippen LogP contribution in [0.4, 0.5) is 5.82 Å². The fourth-order valence-corrected chi connectivity index (χ4v) is 2.10. The number of aryl methyl sites for hydroxylation is 1. The molecule has 3 rings (SSSR count). The highest BCUT2D eigenvalue weighted by atomic mass is 16.5. The molecule has 0 aliphatic heterocycles. The van der Waals surface area contributed by atoms with Crippen molar-refractivity contribution in [3.8, 4) is 17.6 Å². The number of hydrogen-bond donors (Lipinski definition) is 1. The van der Waals surface area contributed by atoms with Gasteiger partial charge in [0.2, 0.25) is 0 Å². The third kappa shape index (κ3) is 4.14. The fourth-order valence-electron chi connectivity index (χ4n) is 2.10. The van der Waals surface area contributed by atoms with Gasteiger partial charge in [0.1, 0.15) is 23.0 Å². The molecule has 25 heavy (non-hydrogen) atoms. The Labute approximate surface area is 144 Å². The molecule has 0 saturated heterocycles. The minimum absolute atomic E-state index is 0.183. The summed E-state index contributed by atoms with van der Waals surface area (Å²) >= 11 is 0. The SMILES string of the molecule is Cc1cc(Oc2cccnc2)cc(C(=O)Nc2cc(C#N)ccn2)n1. The summed E-state index contributed by atoms with van der Waals surface area (Å²) in [4.78, 5) is 24.6. The molecule has 0 unspecified atom stereocenters. The number of rotatable bonds is 4. The summed E-state index contributed by atoms with van der Waals surface area (Å²) in [6, 6.07) is 11.8. The smallest absolute Gasteiger partial charge is 0.275 e. The van der Waals surface area contributed by atoms with Crippen LogP contribution >= 0.6 is 0 Å². The first-order chi connectivity index (χ1) is 12.1. The number of nitrogens with one attached hydrogen (secondary N) is 1. The van der Waals surface area contributed by atoms with E-state index < -0.39 is 5.91 Å². The lowest BCUT2D eigenvalue weighted by Crippen LogP contribution is -2.15. The van der Waals surface area contributed by atoms with E-state index in [2.05, 4.69) is 20.3 Å². The van der Waals surface area contributed by atoms with E-state index >= 15 is 0 Å². The van der Waals surface area contributed by atoms with E-state index in [0.717, 1.165) is 0 Å². The van der Waals surface area contributed by atoms with Gasteiger partial charge in [-0.1, -0.05) is 0 Å². The minimum atomic E-state index is -0.442. The Bertz CT molecular complexity index is 951. The lowest BCUT2D eigenvalue weighted by atomic mass is 10.2. The second kappa shape index (κ2) is 7.19. The largest absolute Gasteiger partial charge is 0.456 e. The number of anilines is 1. The predicted molar refractivity (Wildman–Crippen MR) is 90.2 cm³/mol. The molecule has 0 aliphatic carbocycles. The molecule has 1 amide bonds. The Morgan fingerprint density at radius 3 is 2.84 bits per heavy atom. The van der Waals surface area contributed by atoms with Crippen LogP contribution in [-0.4, -0.2) is 20.9 Å². The molecular weight excluding hydrogens is 318 g/mol. The summed E-state index contributed by atoms with van der Waals surface area (Å²) in [5.41, 5.74) is 1.22. The number of nitriles is 1. The first-order valence-electron chi connectivity index (χ1n) is 7.38. The molecule has 0 bridgehead atoms. The number of pyridine rings is 3. The molecule has 1 N–H and O–H groups in total. The zero-order valence-electron chi connectivity index (χ0n) is 13.3. The second-order valence-electron chi connectivity index (χ2n) is 5.12. The average molecular weight is 331 g/mol. The van der Waals surface area contributed by atoms with Crippen molar-refractivity contribution < 1.29 is 9.53 Å². The normalized spacial score (nSPS) is 9.92. The van der Waals surface area contributed by atoms with Crippen LogP contribution in [0, 0.1) is 18.3 Å². The molecule has 3 aromatic rings. The van der Waals surface area contributed by atoms with Crippen LogP contribution in [0.2, 0.25) is 0 Å². The predicted octanol–water partition coefficient (Wildman–Crippen LogP) is 3.10. The zero-order valence-corrected chi connectivity index (χ0v) is 13.3. The van der Waals surface area contributed by atoms with Gasteiger partial charge in [0, 0.05) is 30.2 Å². The van der Waals surface area contributed by atoms with Gasteiger partial charge >= 0.3 is 0 Å². The second-order valence-corrected chi connectivity index (χ2v) is 5.12. The van der Waals surface area contributed by atoms with Crippen LogP contribution in [0.25, 0.3) is 0 Å². The minimum Gasteiger partial charge on any atom is -0.456 e. The van der Waals surface area contributed by atoms with Crippen molar-refractivity contribution >= 4 is 11.7 Å². The van der Waals surface area contributed by atoms with Gasteiger partial charge in [0.05, 0.1) is 17.8 Å². The number of nitrogens with zero attached hydrogens (tertiary/aromatic N) is 4. The van der Waals surface area contributed by atoms with Gasteiger partial charge in [-0.25, -0.2) is 9.97 Å². The van der Waals surface area contributed by atoms with Crippen molar-refractivity contribution in [2.24, 2.45) is 0 Å². The maximum Gasteiger partial charge on any atom is 0.275 e. The summed E-state index contributed by atoms with van der Waals surface area (Å²) in [7, 11) is 0. The number of carbonyl (C=O) groups excluding carboxylic acids is 1. The van der Waals surface area contributed by atoms with Gasteiger partial charge in [-0.15, -0.1) is 0 Å². The maximum absolute atomic E-state index is 12.4. The van der Waals surface area contributed by atoms with Crippen molar-refractivity contribution in [2.75, 3.05) is 5.32 Å².